The SMILES string of the molecule is CC(C)(C)C(=O)Oc1ccc(CCc2ccncn2)cc1C(=O)Nc1ccc(F)cc1. The molecule has 31 heavy (non-hydrogen) atoms. The number of nitrogens with one attached hydrogen (secondary N) is 1. The minimum atomic E-state index is -0.726. The van der Waals surface area contributed by atoms with Crippen LogP contribution in [0, 0.1) is 11.2 Å². The van der Waals surface area contributed by atoms with Crippen molar-refractivity contribution in [3.63, 3.8) is 0 Å². The van der Waals surface area contributed by atoms with Gasteiger partial charge in [-0.3, -0.25) is 9.59 Å². The molecule has 3 aromatic rings. The van der Waals surface area contributed by atoms with E-state index < -0.39 is 23.1 Å². The monoisotopic (exact) mass is 421 g/mol. The van der Waals surface area contributed by atoms with Crippen molar-refractivity contribution in [2.75, 3.05) is 5.32 Å². The molecule has 160 valence electrons. The zero-order valence-corrected chi connectivity index (χ0v) is 17.7. The first-order chi connectivity index (χ1) is 14.7. The normalized spacial score (nSPS) is 11.1. The van der Waals surface area contributed by atoms with Crippen molar-refractivity contribution in [2.24, 2.45) is 5.41 Å². The van der Waals surface area contributed by atoms with Gasteiger partial charge in [0, 0.05) is 17.6 Å². The topological polar surface area (TPSA) is 81.2 Å². The highest BCUT2D eigenvalue weighted by molar-refractivity contribution is 6.06. The van der Waals surface area contributed by atoms with E-state index in [1.165, 1.54) is 30.6 Å². The van der Waals surface area contributed by atoms with Crippen LogP contribution in [0.4, 0.5) is 10.1 Å². The summed E-state index contributed by atoms with van der Waals surface area (Å²) in [6.07, 6.45) is 4.48. The van der Waals surface area contributed by atoms with Crippen LogP contribution in [0.3, 0.4) is 0 Å². The number of nitrogens with zero attached hydrogens (tertiary/aromatic N) is 2. The number of ether oxygens (including phenoxy) is 1. The Hall–Kier alpha value is -3.61. The van der Waals surface area contributed by atoms with Gasteiger partial charge in [-0.15, -0.1) is 0 Å². The number of halogens is 1. The summed E-state index contributed by atoms with van der Waals surface area (Å²) in [4.78, 5) is 33.5. The van der Waals surface area contributed by atoms with E-state index >= 15 is 0 Å². The lowest BCUT2D eigenvalue weighted by Gasteiger charge is -2.18. The van der Waals surface area contributed by atoms with Gasteiger partial charge >= 0.3 is 5.97 Å². The predicted molar refractivity (Wildman–Crippen MR) is 115 cm³/mol. The smallest absolute Gasteiger partial charge is 0.316 e. The second-order valence-electron chi connectivity index (χ2n) is 8.13. The number of anilines is 1. The average molecular weight is 421 g/mol. The summed E-state index contributed by atoms with van der Waals surface area (Å²) >= 11 is 0. The van der Waals surface area contributed by atoms with E-state index in [1.54, 1.807) is 39.1 Å². The maximum absolute atomic E-state index is 13.2. The Morgan fingerprint density at radius 2 is 1.77 bits per heavy atom. The minimum Gasteiger partial charge on any atom is -0.425 e. The molecule has 1 heterocycles. The van der Waals surface area contributed by atoms with Crippen LogP contribution in [0.15, 0.2) is 61.1 Å². The zero-order chi connectivity index (χ0) is 22.4. The van der Waals surface area contributed by atoms with Crippen molar-refractivity contribution >= 4 is 17.6 Å². The number of rotatable bonds is 6. The number of carbonyl (C=O) groups excluding carboxylic acids is 2. The molecule has 0 aliphatic heterocycles. The zero-order valence-electron chi connectivity index (χ0n) is 17.7. The largest absolute Gasteiger partial charge is 0.425 e. The second-order valence-corrected chi connectivity index (χ2v) is 8.13. The molecule has 0 bridgehead atoms. The summed E-state index contributed by atoms with van der Waals surface area (Å²) in [7, 11) is 0. The van der Waals surface area contributed by atoms with Gasteiger partial charge in [0.05, 0.1) is 11.0 Å². The van der Waals surface area contributed by atoms with E-state index in [9.17, 15) is 14.0 Å². The third-order valence-corrected chi connectivity index (χ3v) is 4.52. The standard InChI is InChI=1S/C24H24FN3O3/c1-24(2,3)23(30)31-21-11-5-16(4-8-18-12-13-26-15-27-18)14-20(21)22(29)28-19-9-6-17(25)7-10-19/h5-7,9-15H,4,8H2,1-3H3,(H,28,29). The molecule has 0 aliphatic carbocycles. The summed E-state index contributed by atoms with van der Waals surface area (Å²) in [5.74, 6) is -1.13. The number of carbonyl (C=O) groups is 2. The van der Waals surface area contributed by atoms with Crippen LogP contribution in [0.5, 0.6) is 5.75 Å². The van der Waals surface area contributed by atoms with E-state index in [1.807, 2.05) is 12.1 Å². The van der Waals surface area contributed by atoms with Crippen LogP contribution in [0.25, 0.3) is 0 Å². The van der Waals surface area contributed by atoms with E-state index in [2.05, 4.69) is 15.3 Å². The van der Waals surface area contributed by atoms with E-state index in [4.69, 9.17) is 4.74 Å². The highest BCUT2D eigenvalue weighted by Gasteiger charge is 2.26. The third kappa shape index (κ3) is 6.18. The molecule has 6 nitrogen and oxygen atoms in total. The van der Waals surface area contributed by atoms with E-state index in [0.717, 1.165) is 11.3 Å². The number of hydrogen-bond donors (Lipinski definition) is 1. The minimum absolute atomic E-state index is 0.172. The Bertz CT molecular complexity index is 1060. The van der Waals surface area contributed by atoms with Gasteiger partial charge in [-0.25, -0.2) is 14.4 Å². The molecule has 0 fully saturated rings. The van der Waals surface area contributed by atoms with Gasteiger partial charge in [0.15, 0.2) is 0 Å². The molecule has 0 spiro atoms. The first kappa shape index (κ1) is 22.1. The lowest BCUT2D eigenvalue weighted by Crippen LogP contribution is -2.26. The fourth-order valence-electron chi connectivity index (χ4n) is 2.72. The van der Waals surface area contributed by atoms with Crippen LogP contribution in [0.2, 0.25) is 0 Å². The molecular weight excluding hydrogens is 397 g/mol. The number of benzene rings is 2. The highest BCUT2D eigenvalue weighted by atomic mass is 19.1. The molecule has 0 unspecified atom stereocenters. The Kier molecular flexibility index (Phi) is 6.74. The van der Waals surface area contributed by atoms with Crippen molar-refractivity contribution in [2.45, 2.75) is 33.6 Å². The fraction of sp³-hybridized carbons (Fsp3) is 0.250. The molecule has 0 atom stereocenters. The van der Waals surface area contributed by atoms with Gasteiger partial charge in [0.1, 0.15) is 17.9 Å². The summed E-state index contributed by atoms with van der Waals surface area (Å²) in [5, 5.41) is 2.72. The van der Waals surface area contributed by atoms with Crippen LogP contribution < -0.4 is 10.1 Å². The molecule has 1 N–H and O–H groups in total. The molecule has 7 heteroatoms. The molecule has 0 aliphatic rings. The van der Waals surface area contributed by atoms with Gasteiger partial charge in [-0.2, -0.15) is 0 Å². The third-order valence-electron chi connectivity index (χ3n) is 4.52. The second kappa shape index (κ2) is 9.47. The molecule has 1 aromatic heterocycles. The van der Waals surface area contributed by atoms with Gasteiger partial charge in [-0.05, 0) is 81.6 Å². The maximum Gasteiger partial charge on any atom is 0.316 e. The number of esters is 1. The number of amides is 1. The Labute approximate surface area is 180 Å². The van der Waals surface area contributed by atoms with Crippen molar-refractivity contribution < 1.29 is 18.7 Å². The quantitative estimate of drug-likeness (QED) is 0.465. The molecule has 0 saturated heterocycles. The van der Waals surface area contributed by atoms with Crippen molar-refractivity contribution in [1.29, 1.82) is 0 Å². The molecule has 0 saturated carbocycles. The first-order valence-electron chi connectivity index (χ1n) is 9.89. The summed E-state index contributed by atoms with van der Waals surface area (Å²) in [6.45, 7) is 5.22. The van der Waals surface area contributed by atoms with Crippen molar-refractivity contribution in [1.82, 2.24) is 9.97 Å². The molecule has 3 rings (SSSR count). The first-order valence-corrected chi connectivity index (χ1v) is 9.89. The lowest BCUT2D eigenvalue weighted by atomic mass is 9.97. The van der Waals surface area contributed by atoms with Crippen molar-refractivity contribution in [3.05, 3.63) is 83.7 Å². The van der Waals surface area contributed by atoms with E-state index in [-0.39, 0.29) is 11.3 Å². The maximum atomic E-state index is 13.2. The van der Waals surface area contributed by atoms with Gasteiger partial charge in [0.2, 0.25) is 0 Å². The van der Waals surface area contributed by atoms with E-state index in [0.29, 0.717) is 18.5 Å². The predicted octanol–water partition coefficient (Wildman–Crippen LogP) is 4.60. The Balaban J connectivity index is 1.86. The van der Waals surface area contributed by atoms with Crippen molar-refractivity contribution in [3.8, 4) is 5.75 Å². The average Bonchev–Trinajstić information content (AvgIpc) is 2.74. The fourth-order valence-corrected chi connectivity index (χ4v) is 2.72. The number of aromatic nitrogens is 2. The molecule has 2 aromatic carbocycles. The van der Waals surface area contributed by atoms with Gasteiger partial charge in [0.25, 0.3) is 5.91 Å². The van der Waals surface area contributed by atoms with Gasteiger partial charge < -0.3 is 10.1 Å². The Morgan fingerprint density at radius 3 is 2.42 bits per heavy atom. The van der Waals surface area contributed by atoms with Gasteiger partial charge in [-0.1, -0.05) is 6.07 Å². The summed E-state index contributed by atoms with van der Waals surface area (Å²) in [6, 6.07) is 12.4. The molecular formula is C24H24FN3O3. The van der Waals surface area contributed by atoms with Crippen LogP contribution in [0.1, 0.15) is 42.4 Å². The highest BCUT2D eigenvalue weighted by Crippen LogP contribution is 2.26. The summed E-state index contributed by atoms with van der Waals surface area (Å²) < 4.78 is 18.7. The summed E-state index contributed by atoms with van der Waals surface area (Å²) in [5.41, 5.74) is 1.71. The van der Waals surface area contributed by atoms with Crippen LogP contribution in [-0.4, -0.2) is 21.8 Å². The van der Waals surface area contributed by atoms with Crippen LogP contribution >= 0.6 is 0 Å². The molecule has 1 amide bonds. The number of aryl methyl sites for hydroxylation is 2. The molecule has 0 radical (unpaired) electrons. The Morgan fingerprint density at radius 1 is 1.03 bits per heavy atom. The lowest BCUT2D eigenvalue weighted by molar-refractivity contribution is -0.143. The van der Waals surface area contributed by atoms with Crippen LogP contribution in [-0.2, 0) is 17.6 Å². The number of hydrogen-bond acceptors (Lipinski definition) is 5.